The topological polar surface area (TPSA) is 26.3 Å². The molecule has 0 aromatic heterocycles. The first-order valence-electron chi connectivity index (χ1n) is 4.81. The predicted molar refractivity (Wildman–Crippen MR) is 53.1 cm³/mol. The second-order valence-corrected chi connectivity index (χ2v) is 3.70. The van der Waals surface area contributed by atoms with E-state index >= 15 is 0 Å². The van der Waals surface area contributed by atoms with Gasteiger partial charge in [-0.3, -0.25) is 0 Å². The molecule has 0 aromatic rings. The minimum atomic E-state index is -5.58. The van der Waals surface area contributed by atoms with Crippen molar-refractivity contribution < 1.29 is 40.3 Å². The number of alkyl halides is 6. The average molecular weight is 298 g/mol. The number of hydrogen-bond acceptors (Lipinski definition) is 2. The molecular formula is C10H13F7O2. The molecule has 0 aliphatic carbocycles. The number of hydrogen-bond donors (Lipinski definition) is 0. The Kier molecular flexibility index (Phi) is 7.13. The van der Waals surface area contributed by atoms with Gasteiger partial charge >= 0.3 is 18.6 Å². The molecule has 0 aliphatic heterocycles. The van der Waals surface area contributed by atoms with E-state index in [9.17, 15) is 35.5 Å². The van der Waals surface area contributed by atoms with Gasteiger partial charge in [0, 0.05) is 6.42 Å². The monoisotopic (exact) mass is 298 g/mol. The van der Waals surface area contributed by atoms with Crippen molar-refractivity contribution in [2.75, 3.05) is 0 Å². The molecule has 0 aliphatic rings. The molecule has 0 saturated carbocycles. The van der Waals surface area contributed by atoms with Crippen LogP contribution in [0.15, 0.2) is 13.2 Å². The van der Waals surface area contributed by atoms with Crippen molar-refractivity contribution in [3.8, 4) is 0 Å². The first kappa shape index (κ1) is 20.0. The lowest BCUT2D eigenvalue weighted by Crippen LogP contribution is -2.49. The van der Waals surface area contributed by atoms with Gasteiger partial charge in [-0.15, -0.1) is 17.5 Å². The molecule has 0 rings (SSSR count). The minimum Gasteiger partial charge on any atom is -0.437 e. The van der Waals surface area contributed by atoms with Crippen LogP contribution >= 0.6 is 0 Å². The Morgan fingerprint density at radius 1 is 1.11 bits per heavy atom. The molecule has 0 aromatic carbocycles. The van der Waals surface area contributed by atoms with Crippen LogP contribution in [0.2, 0.25) is 0 Å². The maximum atomic E-state index is 12.3. The molecule has 0 saturated heterocycles. The summed E-state index contributed by atoms with van der Waals surface area (Å²) in [6, 6.07) is 0. The van der Waals surface area contributed by atoms with E-state index in [2.05, 4.69) is 17.9 Å². The Balaban J connectivity index is 0. The molecule has 0 N–H and O–H groups in total. The molecule has 0 radical (unpaired) electrons. The number of ether oxygens (including phenoxy) is 1. The normalized spacial score (nSPS) is 14.2. The van der Waals surface area contributed by atoms with Gasteiger partial charge in [0.25, 0.3) is 0 Å². The molecule has 114 valence electrons. The Morgan fingerprint density at radius 2 is 1.42 bits per heavy atom. The Hall–Kier alpha value is -1.28. The van der Waals surface area contributed by atoms with E-state index < -0.39 is 36.5 Å². The maximum Gasteiger partial charge on any atom is 0.495 e. The molecule has 9 heteroatoms. The van der Waals surface area contributed by atoms with Gasteiger partial charge in [0.15, 0.2) is 5.41 Å². The molecule has 0 amide bonds. The molecule has 0 bridgehead atoms. The van der Waals surface area contributed by atoms with Crippen molar-refractivity contribution in [3.05, 3.63) is 13.2 Å². The smallest absolute Gasteiger partial charge is 0.437 e. The summed E-state index contributed by atoms with van der Waals surface area (Å²) in [6.07, 6.45) is -17.0. The highest BCUT2D eigenvalue weighted by atomic mass is 19.4. The predicted octanol–water partition coefficient (Wildman–Crippen LogP) is 4.80. The Bertz CT molecular complexity index is 281. The highest BCUT2D eigenvalue weighted by Gasteiger charge is 2.67. The van der Waals surface area contributed by atoms with Crippen LogP contribution in [0.5, 0.6) is 0 Å². The zero-order valence-electron chi connectivity index (χ0n) is 10.2. The van der Waals surface area contributed by atoms with Crippen molar-refractivity contribution in [1.29, 1.82) is 0 Å². The third kappa shape index (κ3) is 5.48. The van der Waals surface area contributed by atoms with Gasteiger partial charge in [0.05, 0.1) is 0 Å². The summed E-state index contributed by atoms with van der Waals surface area (Å²) in [6.45, 7) is 6.67. The fourth-order valence-electron chi connectivity index (χ4n) is 1.17. The number of carbonyl (C=O) groups is 1. The van der Waals surface area contributed by atoms with Crippen LogP contribution in [0.3, 0.4) is 0 Å². The van der Waals surface area contributed by atoms with Crippen LogP contribution in [0.4, 0.5) is 35.5 Å². The third-order valence-electron chi connectivity index (χ3n) is 2.24. The van der Waals surface area contributed by atoms with E-state index in [1.807, 2.05) is 0 Å². The lowest BCUT2D eigenvalue weighted by atomic mass is 9.83. The largest absolute Gasteiger partial charge is 0.495 e. The summed E-state index contributed by atoms with van der Waals surface area (Å²) in [7, 11) is 0. The number of carbonyl (C=O) groups excluding carboxylic acids is 1. The molecule has 2 nitrogen and oxygen atoms in total. The molecular weight excluding hydrogens is 285 g/mol. The van der Waals surface area contributed by atoms with Gasteiger partial charge in [-0.25, -0.2) is 4.79 Å². The van der Waals surface area contributed by atoms with Crippen LogP contribution in [0, 0.1) is 5.41 Å². The SMILES string of the molecule is C=C.CC(CC(C)(C(F)(F)F)C(F)(F)F)OC(=O)F. The van der Waals surface area contributed by atoms with Crippen molar-refractivity contribution in [2.45, 2.75) is 38.7 Å². The van der Waals surface area contributed by atoms with Gasteiger partial charge in [-0.1, -0.05) is 0 Å². The second-order valence-electron chi connectivity index (χ2n) is 3.70. The summed E-state index contributed by atoms with van der Waals surface area (Å²) < 4.78 is 89.4. The fraction of sp³-hybridized carbons (Fsp3) is 0.700. The third-order valence-corrected chi connectivity index (χ3v) is 2.24. The Morgan fingerprint density at radius 3 is 1.63 bits per heavy atom. The zero-order valence-corrected chi connectivity index (χ0v) is 10.2. The van der Waals surface area contributed by atoms with Crippen LogP contribution < -0.4 is 0 Å². The first-order chi connectivity index (χ1) is 8.31. The maximum absolute atomic E-state index is 12.3. The zero-order chi connectivity index (χ0) is 16.1. The van der Waals surface area contributed by atoms with Crippen molar-refractivity contribution in [2.24, 2.45) is 5.41 Å². The van der Waals surface area contributed by atoms with E-state index in [0.717, 1.165) is 6.92 Å². The van der Waals surface area contributed by atoms with E-state index in [-0.39, 0.29) is 6.92 Å². The van der Waals surface area contributed by atoms with Crippen molar-refractivity contribution in [1.82, 2.24) is 0 Å². The summed E-state index contributed by atoms with van der Waals surface area (Å²) in [5, 5.41) is 0. The second kappa shape index (κ2) is 6.76. The summed E-state index contributed by atoms with van der Waals surface area (Å²) in [5.74, 6) is 0. The van der Waals surface area contributed by atoms with Gasteiger partial charge in [0.2, 0.25) is 0 Å². The number of rotatable bonds is 3. The van der Waals surface area contributed by atoms with Gasteiger partial charge in [-0.2, -0.15) is 26.3 Å². The van der Waals surface area contributed by atoms with E-state index in [1.54, 1.807) is 0 Å². The Labute approximate surface area is 105 Å². The van der Waals surface area contributed by atoms with Crippen LogP contribution in [-0.2, 0) is 4.74 Å². The highest BCUT2D eigenvalue weighted by Crippen LogP contribution is 2.53. The minimum absolute atomic E-state index is 0.0738. The standard InChI is InChI=1S/C8H9F7O2.C2H4/c1-4(17-5(9)16)3-6(2,7(10,11)12)8(13,14)15;1-2/h4H,3H2,1-2H3;1-2H2. The van der Waals surface area contributed by atoms with Gasteiger partial charge in [-0.05, 0) is 13.8 Å². The first-order valence-corrected chi connectivity index (χ1v) is 4.81. The lowest BCUT2D eigenvalue weighted by Gasteiger charge is -2.35. The van der Waals surface area contributed by atoms with E-state index in [0.29, 0.717) is 0 Å². The van der Waals surface area contributed by atoms with E-state index in [4.69, 9.17) is 0 Å². The molecule has 0 fully saturated rings. The fourth-order valence-corrected chi connectivity index (χ4v) is 1.17. The van der Waals surface area contributed by atoms with Crippen molar-refractivity contribution >= 4 is 6.22 Å². The molecule has 1 atom stereocenters. The molecule has 1 unspecified atom stereocenters. The lowest BCUT2D eigenvalue weighted by molar-refractivity contribution is -0.340. The molecule has 0 spiro atoms. The van der Waals surface area contributed by atoms with Crippen molar-refractivity contribution in [3.63, 3.8) is 0 Å². The molecule has 19 heavy (non-hydrogen) atoms. The van der Waals surface area contributed by atoms with Gasteiger partial charge in [0.1, 0.15) is 6.10 Å². The summed E-state index contributed by atoms with van der Waals surface area (Å²) in [5.41, 5.74) is -4.06. The van der Waals surface area contributed by atoms with Crippen LogP contribution in [-0.4, -0.2) is 24.7 Å². The highest BCUT2D eigenvalue weighted by molar-refractivity contribution is 5.58. The average Bonchev–Trinajstić information content (AvgIpc) is 2.15. The number of halogens is 7. The molecule has 0 heterocycles. The summed E-state index contributed by atoms with van der Waals surface area (Å²) in [4.78, 5) is 9.79. The summed E-state index contributed by atoms with van der Waals surface area (Å²) >= 11 is 0. The van der Waals surface area contributed by atoms with Gasteiger partial charge < -0.3 is 4.74 Å². The van der Waals surface area contributed by atoms with Crippen LogP contribution in [0.25, 0.3) is 0 Å². The van der Waals surface area contributed by atoms with E-state index in [1.165, 1.54) is 0 Å². The van der Waals surface area contributed by atoms with Crippen LogP contribution in [0.1, 0.15) is 20.3 Å². The quantitative estimate of drug-likeness (QED) is 0.425.